The summed E-state index contributed by atoms with van der Waals surface area (Å²) < 4.78 is 2.13. The molecule has 0 radical (unpaired) electrons. The van der Waals surface area contributed by atoms with Crippen molar-refractivity contribution in [3.05, 3.63) is 93.1 Å². The predicted molar refractivity (Wildman–Crippen MR) is 129 cm³/mol. The number of anilines is 1. The summed E-state index contributed by atoms with van der Waals surface area (Å²) in [5.74, 6) is 1.66. The SMILES string of the molecule is CC(N)c1cc2ccccc2n1-c1nc2c(c(NCc3ccccc3)n1)CCCC2.O=O. The minimum atomic E-state index is -0.113. The van der Waals surface area contributed by atoms with Crippen molar-refractivity contribution in [2.24, 2.45) is 5.73 Å². The number of hydrogen-bond donors (Lipinski definition) is 2. The Bertz CT molecular complexity index is 1200. The van der Waals surface area contributed by atoms with E-state index >= 15 is 0 Å². The molecule has 0 aliphatic heterocycles. The van der Waals surface area contributed by atoms with Gasteiger partial charge in [0.2, 0.25) is 5.95 Å². The normalized spacial score (nSPS) is 13.7. The van der Waals surface area contributed by atoms with Gasteiger partial charge in [0.15, 0.2) is 0 Å². The van der Waals surface area contributed by atoms with Gasteiger partial charge in [-0.25, -0.2) is 4.98 Å². The van der Waals surface area contributed by atoms with E-state index in [2.05, 4.69) is 64.5 Å². The summed E-state index contributed by atoms with van der Waals surface area (Å²) >= 11 is 0. The number of benzene rings is 2. The summed E-state index contributed by atoms with van der Waals surface area (Å²) in [5, 5.41) is 4.75. The number of fused-ring (bicyclic) bond motifs is 2. The molecule has 1 unspecified atom stereocenters. The van der Waals surface area contributed by atoms with Crippen molar-refractivity contribution >= 4 is 16.7 Å². The number of para-hydroxylation sites is 1. The highest BCUT2D eigenvalue weighted by Gasteiger charge is 2.21. The number of nitrogens with two attached hydrogens (primary N) is 1. The van der Waals surface area contributed by atoms with Crippen LogP contribution in [-0.4, -0.2) is 14.5 Å². The third-order valence-electron chi connectivity index (χ3n) is 5.88. The van der Waals surface area contributed by atoms with Gasteiger partial charge in [-0.2, -0.15) is 4.98 Å². The van der Waals surface area contributed by atoms with Crippen molar-refractivity contribution in [2.75, 3.05) is 5.32 Å². The molecule has 0 bridgehead atoms. The van der Waals surface area contributed by atoms with Gasteiger partial charge in [0.25, 0.3) is 0 Å². The highest BCUT2D eigenvalue weighted by atomic mass is 16.7. The number of aromatic nitrogens is 3. The minimum Gasteiger partial charge on any atom is -0.366 e. The van der Waals surface area contributed by atoms with Gasteiger partial charge >= 0.3 is 0 Å². The molecule has 2 heterocycles. The molecular formula is C25H27N5O2. The van der Waals surface area contributed by atoms with Gasteiger partial charge in [0.05, 0.1) is 11.2 Å². The molecule has 3 N–H and O–H groups in total. The zero-order chi connectivity index (χ0) is 22.5. The Morgan fingerprint density at radius 2 is 1.72 bits per heavy atom. The van der Waals surface area contributed by atoms with Gasteiger partial charge in [-0.3, -0.25) is 4.57 Å². The van der Waals surface area contributed by atoms with Crippen LogP contribution in [0.2, 0.25) is 0 Å². The van der Waals surface area contributed by atoms with Crippen LogP contribution in [0.1, 0.15) is 48.3 Å². The van der Waals surface area contributed by atoms with Crippen LogP contribution in [0.3, 0.4) is 0 Å². The maximum atomic E-state index is 7.00. The van der Waals surface area contributed by atoms with E-state index < -0.39 is 0 Å². The molecule has 1 aliphatic rings. The highest BCUT2D eigenvalue weighted by Crippen LogP contribution is 2.30. The first kappa shape index (κ1) is 21.6. The van der Waals surface area contributed by atoms with E-state index in [1.54, 1.807) is 0 Å². The number of nitrogens with zero attached hydrogens (tertiary/aromatic N) is 3. The lowest BCUT2D eigenvalue weighted by Crippen LogP contribution is -2.18. The van der Waals surface area contributed by atoms with Crippen molar-refractivity contribution in [1.82, 2.24) is 14.5 Å². The summed E-state index contributed by atoms with van der Waals surface area (Å²) in [5.41, 5.74) is 12.1. The summed E-state index contributed by atoms with van der Waals surface area (Å²) in [6.45, 7) is 2.76. The summed E-state index contributed by atoms with van der Waals surface area (Å²) in [6.07, 6.45) is 4.39. The Balaban J connectivity index is 0.00000119. The van der Waals surface area contributed by atoms with Gasteiger partial charge in [-0.15, -0.1) is 0 Å². The number of hydrogen-bond acceptors (Lipinski definition) is 6. The molecule has 0 amide bonds. The van der Waals surface area contributed by atoms with E-state index in [9.17, 15) is 0 Å². The lowest BCUT2D eigenvalue weighted by atomic mass is 9.96. The molecule has 2 aromatic heterocycles. The molecule has 5 rings (SSSR count). The first-order chi connectivity index (χ1) is 15.7. The third-order valence-corrected chi connectivity index (χ3v) is 5.88. The fourth-order valence-electron chi connectivity index (χ4n) is 4.34. The minimum absolute atomic E-state index is 0.113. The lowest BCUT2D eigenvalue weighted by molar-refractivity contribution is 0.655. The highest BCUT2D eigenvalue weighted by molar-refractivity contribution is 5.83. The molecule has 0 spiro atoms. The number of aryl methyl sites for hydroxylation is 1. The second-order valence-electron chi connectivity index (χ2n) is 8.10. The molecule has 7 nitrogen and oxygen atoms in total. The first-order valence-corrected chi connectivity index (χ1v) is 10.9. The molecule has 32 heavy (non-hydrogen) atoms. The summed E-state index contributed by atoms with van der Waals surface area (Å²) in [4.78, 5) is 24.0. The largest absolute Gasteiger partial charge is 0.366 e. The van der Waals surface area contributed by atoms with Crippen molar-refractivity contribution in [3.63, 3.8) is 0 Å². The van der Waals surface area contributed by atoms with E-state index in [0.29, 0.717) is 5.95 Å². The standard InChI is InChI=1S/C25H27N5.O2/c1-17(26)23-15-19-11-5-8-14-22(19)30(23)25-28-21-13-7-6-12-20(21)24(29-25)27-16-18-9-3-2-4-10-18;1-2/h2-5,8-11,14-15,17H,6-7,12-13,16,26H2,1H3,(H,27,28,29);. The molecule has 0 saturated heterocycles. The smallest absolute Gasteiger partial charge is 0.236 e. The van der Waals surface area contributed by atoms with E-state index in [0.717, 1.165) is 47.5 Å². The Labute approximate surface area is 186 Å². The lowest BCUT2D eigenvalue weighted by Gasteiger charge is -2.21. The quantitative estimate of drug-likeness (QED) is 0.463. The van der Waals surface area contributed by atoms with E-state index in [4.69, 9.17) is 25.6 Å². The molecule has 1 atom stereocenters. The summed E-state index contributed by atoms with van der Waals surface area (Å²) in [6, 6.07) is 20.8. The van der Waals surface area contributed by atoms with Crippen LogP contribution in [0.25, 0.3) is 16.9 Å². The Hall–Kier alpha value is -3.58. The van der Waals surface area contributed by atoms with Crippen LogP contribution >= 0.6 is 0 Å². The fraction of sp³-hybridized carbons (Fsp3) is 0.280. The molecule has 0 fully saturated rings. The molecule has 7 heteroatoms. The summed E-state index contributed by atoms with van der Waals surface area (Å²) in [7, 11) is 0. The van der Waals surface area contributed by atoms with Crippen molar-refractivity contribution in [3.8, 4) is 5.95 Å². The Morgan fingerprint density at radius 3 is 2.50 bits per heavy atom. The average Bonchev–Trinajstić information content (AvgIpc) is 3.24. The maximum Gasteiger partial charge on any atom is 0.236 e. The maximum absolute atomic E-state index is 7.00. The average molecular weight is 430 g/mol. The Kier molecular flexibility index (Phi) is 6.56. The molecular weight excluding hydrogens is 402 g/mol. The number of nitrogens with one attached hydrogen (secondary N) is 1. The van der Waals surface area contributed by atoms with E-state index in [1.807, 2.05) is 13.0 Å². The van der Waals surface area contributed by atoms with Gasteiger partial charge in [0, 0.05) is 39.2 Å². The number of rotatable bonds is 5. The van der Waals surface area contributed by atoms with Crippen molar-refractivity contribution in [2.45, 2.75) is 45.2 Å². The van der Waals surface area contributed by atoms with Crippen LogP contribution in [-0.2, 0) is 19.4 Å². The van der Waals surface area contributed by atoms with Gasteiger partial charge < -0.3 is 11.1 Å². The molecule has 0 saturated carbocycles. The monoisotopic (exact) mass is 429 g/mol. The molecule has 164 valence electrons. The Morgan fingerprint density at radius 1 is 1.00 bits per heavy atom. The third kappa shape index (κ3) is 4.24. The van der Waals surface area contributed by atoms with E-state index in [-0.39, 0.29) is 6.04 Å². The zero-order valence-electron chi connectivity index (χ0n) is 18.1. The van der Waals surface area contributed by atoms with Crippen LogP contribution < -0.4 is 11.1 Å². The van der Waals surface area contributed by atoms with Crippen LogP contribution in [0, 0.1) is 9.93 Å². The fourth-order valence-corrected chi connectivity index (χ4v) is 4.34. The molecule has 4 aromatic rings. The van der Waals surface area contributed by atoms with Gasteiger partial charge in [-0.1, -0.05) is 48.5 Å². The van der Waals surface area contributed by atoms with E-state index in [1.165, 1.54) is 24.0 Å². The topological polar surface area (TPSA) is 103 Å². The second kappa shape index (κ2) is 9.70. The van der Waals surface area contributed by atoms with Crippen LogP contribution in [0.4, 0.5) is 5.82 Å². The second-order valence-corrected chi connectivity index (χ2v) is 8.10. The molecule has 1 aliphatic carbocycles. The van der Waals surface area contributed by atoms with Gasteiger partial charge in [0.1, 0.15) is 5.82 Å². The van der Waals surface area contributed by atoms with Crippen molar-refractivity contribution in [1.29, 1.82) is 0 Å². The van der Waals surface area contributed by atoms with Crippen LogP contribution in [0.5, 0.6) is 0 Å². The van der Waals surface area contributed by atoms with Gasteiger partial charge in [-0.05, 0) is 50.3 Å². The molecule has 2 aromatic carbocycles. The van der Waals surface area contributed by atoms with Crippen LogP contribution in [0.15, 0.2) is 60.7 Å². The zero-order valence-corrected chi connectivity index (χ0v) is 18.1. The van der Waals surface area contributed by atoms with Crippen molar-refractivity contribution < 1.29 is 0 Å². The predicted octanol–water partition coefficient (Wildman–Crippen LogP) is 5.00. The first-order valence-electron chi connectivity index (χ1n) is 10.9.